The third-order valence-electron chi connectivity index (χ3n) is 3.04. The lowest BCUT2D eigenvalue weighted by Gasteiger charge is -2.39. The van der Waals surface area contributed by atoms with Crippen LogP contribution in [-0.2, 0) is 6.54 Å². The van der Waals surface area contributed by atoms with Crippen molar-refractivity contribution in [1.82, 2.24) is 10.2 Å². The van der Waals surface area contributed by atoms with Crippen LogP contribution in [0.3, 0.4) is 0 Å². The van der Waals surface area contributed by atoms with E-state index in [2.05, 4.69) is 23.2 Å². The van der Waals surface area contributed by atoms with Crippen molar-refractivity contribution >= 4 is 5.69 Å². The molecular formula is C12H19N3. The molecule has 3 N–H and O–H groups in total. The lowest BCUT2D eigenvalue weighted by Crippen LogP contribution is -2.57. The Labute approximate surface area is 91.3 Å². The Morgan fingerprint density at radius 2 is 2.13 bits per heavy atom. The fourth-order valence-electron chi connectivity index (χ4n) is 1.91. The normalized spacial score (nSPS) is 17.7. The maximum atomic E-state index is 5.87. The number of anilines is 1. The molecule has 1 fully saturated rings. The third-order valence-corrected chi connectivity index (χ3v) is 3.04. The summed E-state index contributed by atoms with van der Waals surface area (Å²) in [5.41, 5.74) is 7.96. The standard InChI is InChI=1S/C12H19N3/c1-2-15-8-11(9-15)14-7-10-5-3-4-6-12(10)13/h3-6,11,14H,2,7-9,13H2,1H3. The molecule has 0 spiro atoms. The SMILES string of the molecule is CCN1CC(NCc2ccccc2N)C1. The van der Waals surface area contributed by atoms with Gasteiger partial charge in [-0.2, -0.15) is 0 Å². The summed E-state index contributed by atoms with van der Waals surface area (Å²) in [5.74, 6) is 0. The van der Waals surface area contributed by atoms with E-state index in [4.69, 9.17) is 5.73 Å². The van der Waals surface area contributed by atoms with Crippen LogP contribution in [-0.4, -0.2) is 30.6 Å². The van der Waals surface area contributed by atoms with Gasteiger partial charge < -0.3 is 16.0 Å². The summed E-state index contributed by atoms with van der Waals surface area (Å²) < 4.78 is 0. The van der Waals surface area contributed by atoms with E-state index in [1.54, 1.807) is 0 Å². The van der Waals surface area contributed by atoms with Gasteiger partial charge >= 0.3 is 0 Å². The first kappa shape index (κ1) is 10.5. The molecule has 15 heavy (non-hydrogen) atoms. The molecule has 2 rings (SSSR count). The Balaban J connectivity index is 1.77. The lowest BCUT2D eigenvalue weighted by molar-refractivity contribution is 0.133. The zero-order chi connectivity index (χ0) is 10.7. The van der Waals surface area contributed by atoms with Gasteiger partial charge in [0.2, 0.25) is 0 Å². The molecule has 0 saturated carbocycles. The van der Waals surface area contributed by atoms with Gasteiger partial charge in [-0.05, 0) is 18.2 Å². The molecule has 0 radical (unpaired) electrons. The summed E-state index contributed by atoms with van der Waals surface area (Å²) in [5, 5.41) is 3.52. The van der Waals surface area contributed by atoms with E-state index in [0.29, 0.717) is 6.04 Å². The molecule has 1 heterocycles. The van der Waals surface area contributed by atoms with Crippen LogP contribution in [0.15, 0.2) is 24.3 Å². The quantitative estimate of drug-likeness (QED) is 0.722. The van der Waals surface area contributed by atoms with Crippen LogP contribution in [0.5, 0.6) is 0 Å². The van der Waals surface area contributed by atoms with Crippen LogP contribution in [0.1, 0.15) is 12.5 Å². The monoisotopic (exact) mass is 205 g/mol. The van der Waals surface area contributed by atoms with Crippen molar-refractivity contribution in [3.8, 4) is 0 Å². The number of nitrogen functional groups attached to an aromatic ring is 1. The van der Waals surface area contributed by atoms with E-state index in [1.807, 2.05) is 18.2 Å². The van der Waals surface area contributed by atoms with Gasteiger partial charge in [0.25, 0.3) is 0 Å². The topological polar surface area (TPSA) is 41.3 Å². The highest BCUT2D eigenvalue weighted by Crippen LogP contribution is 2.12. The molecule has 0 atom stereocenters. The molecular weight excluding hydrogens is 186 g/mol. The maximum absolute atomic E-state index is 5.87. The van der Waals surface area contributed by atoms with E-state index in [-0.39, 0.29) is 0 Å². The van der Waals surface area contributed by atoms with Crippen LogP contribution >= 0.6 is 0 Å². The van der Waals surface area contributed by atoms with Crippen molar-refractivity contribution in [2.24, 2.45) is 0 Å². The molecule has 0 unspecified atom stereocenters. The van der Waals surface area contributed by atoms with Crippen molar-refractivity contribution in [1.29, 1.82) is 0 Å². The molecule has 1 aromatic carbocycles. The van der Waals surface area contributed by atoms with Crippen molar-refractivity contribution in [2.45, 2.75) is 19.5 Å². The summed E-state index contributed by atoms with van der Waals surface area (Å²) in [6.07, 6.45) is 0. The Morgan fingerprint density at radius 3 is 2.80 bits per heavy atom. The third kappa shape index (κ3) is 2.49. The largest absolute Gasteiger partial charge is 0.398 e. The van der Waals surface area contributed by atoms with E-state index in [0.717, 1.165) is 18.8 Å². The summed E-state index contributed by atoms with van der Waals surface area (Å²) >= 11 is 0. The predicted octanol–water partition coefficient (Wildman–Crippen LogP) is 1.06. The minimum absolute atomic E-state index is 0.643. The highest BCUT2D eigenvalue weighted by Gasteiger charge is 2.24. The molecule has 0 aromatic heterocycles. The Hall–Kier alpha value is -1.06. The van der Waals surface area contributed by atoms with E-state index < -0.39 is 0 Å². The Kier molecular flexibility index (Phi) is 3.23. The van der Waals surface area contributed by atoms with E-state index >= 15 is 0 Å². The van der Waals surface area contributed by atoms with E-state index in [1.165, 1.54) is 18.7 Å². The van der Waals surface area contributed by atoms with Crippen LogP contribution < -0.4 is 11.1 Å². The minimum atomic E-state index is 0.643. The molecule has 3 nitrogen and oxygen atoms in total. The number of nitrogens with two attached hydrogens (primary N) is 1. The first-order chi connectivity index (χ1) is 7.29. The first-order valence-corrected chi connectivity index (χ1v) is 5.58. The van der Waals surface area contributed by atoms with E-state index in [9.17, 15) is 0 Å². The van der Waals surface area contributed by atoms with Crippen molar-refractivity contribution in [3.05, 3.63) is 29.8 Å². The number of likely N-dealkylation sites (N-methyl/N-ethyl adjacent to an activating group) is 1. The van der Waals surface area contributed by atoms with Gasteiger partial charge in [-0.1, -0.05) is 25.1 Å². The first-order valence-electron chi connectivity index (χ1n) is 5.58. The predicted molar refractivity (Wildman–Crippen MR) is 63.6 cm³/mol. The average Bonchev–Trinajstić information content (AvgIpc) is 2.18. The fourth-order valence-corrected chi connectivity index (χ4v) is 1.91. The van der Waals surface area contributed by atoms with Gasteiger partial charge in [-0.3, -0.25) is 0 Å². The highest BCUT2D eigenvalue weighted by atomic mass is 15.2. The molecule has 0 bridgehead atoms. The van der Waals surface area contributed by atoms with Gasteiger partial charge in [-0.15, -0.1) is 0 Å². The molecule has 1 aliphatic rings. The fraction of sp³-hybridized carbons (Fsp3) is 0.500. The average molecular weight is 205 g/mol. The number of rotatable bonds is 4. The van der Waals surface area contributed by atoms with Gasteiger partial charge in [-0.25, -0.2) is 0 Å². The lowest BCUT2D eigenvalue weighted by atomic mass is 10.1. The molecule has 0 aliphatic carbocycles. The maximum Gasteiger partial charge on any atom is 0.0359 e. The van der Waals surface area contributed by atoms with Gasteiger partial charge in [0.1, 0.15) is 0 Å². The number of hydrogen-bond donors (Lipinski definition) is 2. The van der Waals surface area contributed by atoms with Gasteiger partial charge in [0.15, 0.2) is 0 Å². The number of nitrogens with one attached hydrogen (secondary N) is 1. The number of hydrogen-bond acceptors (Lipinski definition) is 3. The number of nitrogens with zero attached hydrogens (tertiary/aromatic N) is 1. The number of para-hydroxylation sites is 1. The molecule has 3 heteroatoms. The minimum Gasteiger partial charge on any atom is -0.398 e. The Bertz CT molecular complexity index is 318. The second-order valence-corrected chi connectivity index (χ2v) is 4.13. The second kappa shape index (κ2) is 4.64. The zero-order valence-corrected chi connectivity index (χ0v) is 9.24. The molecule has 1 aliphatic heterocycles. The molecule has 0 amide bonds. The second-order valence-electron chi connectivity index (χ2n) is 4.13. The number of benzene rings is 1. The number of likely N-dealkylation sites (tertiary alicyclic amines) is 1. The van der Waals surface area contributed by atoms with Crippen molar-refractivity contribution in [3.63, 3.8) is 0 Å². The van der Waals surface area contributed by atoms with Crippen LogP contribution in [0.4, 0.5) is 5.69 Å². The molecule has 1 saturated heterocycles. The van der Waals surface area contributed by atoms with Crippen molar-refractivity contribution in [2.75, 3.05) is 25.4 Å². The highest BCUT2D eigenvalue weighted by molar-refractivity contribution is 5.46. The van der Waals surface area contributed by atoms with Gasteiger partial charge in [0, 0.05) is 31.4 Å². The van der Waals surface area contributed by atoms with Gasteiger partial charge in [0.05, 0.1) is 0 Å². The van der Waals surface area contributed by atoms with Crippen molar-refractivity contribution < 1.29 is 0 Å². The smallest absolute Gasteiger partial charge is 0.0359 e. The summed E-state index contributed by atoms with van der Waals surface area (Å²) in [7, 11) is 0. The molecule has 82 valence electrons. The zero-order valence-electron chi connectivity index (χ0n) is 9.24. The summed E-state index contributed by atoms with van der Waals surface area (Å²) in [4.78, 5) is 2.42. The van der Waals surface area contributed by atoms with Crippen LogP contribution in [0.25, 0.3) is 0 Å². The van der Waals surface area contributed by atoms with Crippen LogP contribution in [0.2, 0.25) is 0 Å². The van der Waals surface area contributed by atoms with Crippen LogP contribution in [0, 0.1) is 0 Å². The summed E-state index contributed by atoms with van der Waals surface area (Å²) in [6.45, 7) is 6.58. The Morgan fingerprint density at radius 1 is 1.40 bits per heavy atom. The summed E-state index contributed by atoms with van der Waals surface area (Å²) in [6, 6.07) is 8.69. The molecule has 1 aromatic rings.